The number of rotatable bonds is 3. The van der Waals surface area contributed by atoms with Crippen molar-refractivity contribution >= 4 is 16.9 Å². The normalized spacial score (nSPS) is 10.5. The van der Waals surface area contributed by atoms with Crippen molar-refractivity contribution in [3.63, 3.8) is 0 Å². The van der Waals surface area contributed by atoms with Crippen molar-refractivity contribution in [3.05, 3.63) is 30.1 Å². The van der Waals surface area contributed by atoms with Gasteiger partial charge in [0.2, 0.25) is 5.91 Å². The van der Waals surface area contributed by atoms with Gasteiger partial charge >= 0.3 is 0 Å². The summed E-state index contributed by atoms with van der Waals surface area (Å²) < 4.78 is 0. The summed E-state index contributed by atoms with van der Waals surface area (Å²) in [6.07, 6.45) is 1.12. The lowest BCUT2D eigenvalue weighted by molar-refractivity contribution is -0.120. The molecule has 1 aromatic heterocycles. The van der Waals surface area contributed by atoms with E-state index in [4.69, 9.17) is 0 Å². The highest BCUT2D eigenvalue weighted by atomic mass is 16.1. The molecular formula is C11H13N3O. The van der Waals surface area contributed by atoms with Crippen LogP contribution in [0.2, 0.25) is 0 Å². The zero-order chi connectivity index (χ0) is 10.7. The number of nitrogens with zero attached hydrogens (tertiary/aromatic N) is 1. The monoisotopic (exact) mass is 203 g/mol. The third-order valence-electron chi connectivity index (χ3n) is 2.31. The van der Waals surface area contributed by atoms with Crippen molar-refractivity contribution in [1.29, 1.82) is 0 Å². The summed E-state index contributed by atoms with van der Waals surface area (Å²) in [5, 5.41) is 2.59. The van der Waals surface area contributed by atoms with Gasteiger partial charge in [-0.15, -0.1) is 0 Å². The minimum Gasteiger partial charge on any atom is -0.359 e. The maximum atomic E-state index is 11.0. The number of para-hydroxylation sites is 2. The van der Waals surface area contributed by atoms with Crippen LogP contribution in [0, 0.1) is 0 Å². The number of nitrogens with one attached hydrogen (secondary N) is 2. The first-order valence-electron chi connectivity index (χ1n) is 4.94. The second kappa shape index (κ2) is 4.13. The van der Waals surface area contributed by atoms with E-state index >= 15 is 0 Å². The van der Waals surface area contributed by atoms with E-state index < -0.39 is 0 Å². The lowest BCUT2D eigenvalue weighted by Crippen LogP contribution is -2.18. The molecule has 0 atom stereocenters. The van der Waals surface area contributed by atoms with Crippen LogP contribution in [0.15, 0.2) is 24.3 Å². The quantitative estimate of drug-likeness (QED) is 0.788. The van der Waals surface area contributed by atoms with Crippen LogP contribution in [0.3, 0.4) is 0 Å². The highest BCUT2D eigenvalue weighted by Crippen LogP contribution is 2.11. The lowest BCUT2D eigenvalue weighted by Gasteiger charge is -1.95. The van der Waals surface area contributed by atoms with Gasteiger partial charge in [-0.05, 0) is 12.1 Å². The van der Waals surface area contributed by atoms with Gasteiger partial charge in [0.05, 0.1) is 11.0 Å². The summed E-state index contributed by atoms with van der Waals surface area (Å²) >= 11 is 0. The average molecular weight is 203 g/mol. The first-order chi connectivity index (χ1) is 7.29. The molecule has 0 saturated carbocycles. The van der Waals surface area contributed by atoms with Gasteiger partial charge in [-0.1, -0.05) is 12.1 Å². The predicted octanol–water partition coefficient (Wildman–Crippen LogP) is 1.24. The van der Waals surface area contributed by atoms with Gasteiger partial charge in [-0.25, -0.2) is 4.98 Å². The highest BCUT2D eigenvalue weighted by Gasteiger charge is 2.04. The molecular weight excluding hydrogens is 190 g/mol. The molecule has 2 N–H and O–H groups in total. The SMILES string of the molecule is CNC(=O)CCc1nc2ccccc2[nH]1. The number of hydrogen-bond donors (Lipinski definition) is 2. The molecule has 1 amide bonds. The number of hydrogen-bond acceptors (Lipinski definition) is 2. The largest absolute Gasteiger partial charge is 0.359 e. The average Bonchev–Trinajstić information content (AvgIpc) is 2.68. The molecule has 0 saturated heterocycles. The molecule has 0 radical (unpaired) electrons. The van der Waals surface area contributed by atoms with Crippen molar-refractivity contribution in [3.8, 4) is 0 Å². The van der Waals surface area contributed by atoms with Crippen molar-refractivity contribution < 1.29 is 4.79 Å². The van der Waals surface area contributed by atoms with Crippen molar-refractivity contribution in [2.24, 2.45) is 0 Å². The Morgan fingerprint density at radius 3 is 3.00 bits per heavy atom. The standard InChI is InChI=1S/C11H13N3O/c1-12-11(15)7-6-10-13-8-4-2-3-5-9(8)14-10/h2-5H,6-7H2,1H3,(H,12,15)(H,13,14). The minimum atomic E-state index is 0.0375. The molecule has 0 bridgehead atoms. The van der Waals surface area contributed by atoms with Crippen LogP contribution in [0.25, 0.3) is 11.0 Å². The Kier molecular flexibility index (Phi) is 2.67. The van der Waals surface area contributed by atoms with Crippen LogP contribution in [-0.4, -0.2) is 22.9 Å². The summed E-state index contributed by atoms with van der Waals surface area (Å²) in [5.74, 6) is 0.898. The van der Waals surface area contributed by atoms with Gasteiger partial charge in [-0.2, -0.15) is 0 Å². The summed E-state index contributed by atoms with van der Waals surface area (Å²) in [7, 11) is 1.64. The third-order valence-corrected chi connectivity index (χ3v) is 2.31. The molecule has 0 aliphatic carbocycles. The smallest absolute Gasteiger partial charge is 0.220 e. The van der Waals surface area contributed by atoms with E-state index in [-0.39, 0.29) is 5.91 Å². The van der Waals surface area contributed by atoms with Gasteiger partial charge in [0.15, 0.2) is 0 Å². The van der Waals surface area contributed by atoms with E-state index in [0.29, 0.717) is 12.8 Å². The highest BCUT2D eigenvalue weighted by molar-refractivity contribution is 5.76. The number of fused-ring (bicyclic) bond motifs is 1. The molecule has 0 aliphatic rings. The van der Waals surface area contributed by atoms with Gasteiger partial charge in [-0.3, -0.25) is 4.79 Å². The summed E-state index contributed by atoms with van der Waals surface area (Å²) in [6.45, 7) is 0. The molecule has 1 aromatic carbocycles. The fourth-order valence-electron chi connectivity index (χ4n) is 1.48. The van der Waals surface area contributed by atoms with Crippen LogP contribution >= 0.6 is 0 Å². The van der Waals surface area contributed by atoms with E-state index in [1.807, 2.05) is 24.3 Å². The zero-order valence-corrected chi connectivity index (χ0v) is 8.58. The Morgan fingerprint density at radius 2 is 2.27 bits per heavy atom. The van der Waals surface area contributed by atoms with Gasteiger partial charge in [0.25, 0.3) is 0 Å². The number of carbonyl (C=O) groups excluding carboxylic acids is 1. The molecule has 0 unspecified atom stereocenters. The number of aromatic amines is 1. The Balaban J connectivity index is 2.12. The van der Waals surface area contributed by atoms with Gasteiger partial charge < -0.3 is 10.3 Å². The van der Waals surface area contributed by atoms with E-state index in [1.165, 1.54) is 0 Å². The predicted molar refractivity (Wildman–Crippen MR) is 58.5 cm³/mol. The van der Waals surface area contributed by atoms with Gasteiger partial charge in [0, 0.05) is 19.9 Å². The molecule has 0 spiro atoms. The molecule has 15 heavy (non-hydrogen) atoms. The Labute approximate surface area is 87.7 Å². The Morgan fingerprint density at radius 1 is 1.47 bits per heavy atom. The van der Waals surface area contributed by atoms with Crippen LogP contribution < -0.4 is 5.32 Å². The van der Waals surface area contributed by atoms with E-state index in [1.54, 1.807) is 7.05 Å². The molecule has 0 fully saturated rings. The van der Waals surface area contributed by atoms with Crippen LogP contribution in [0.1, 0.15) is 12.2 Å². The molecule has 4 heteroatoms. The number of carbonyl (C=O) groups is 1. The molecule has 0 aliphatic heterocycles. The second-order valence-electron chi connectivity index (χ2n) is 3.37. The maximum Gasteiger partial charge on any atom is 0.220 e. The first kappa shape index (κ1) is 9.71. The maximum absolute atomic E-state index is 11.0. The van der Waals surface area contributed by atoms with E-state index in [2.05, 4.69) is 15.3 Å². The Bertz CT molecular complexity index is 442. The number of H-pyrrole nitrogens is 1. The molecule has 2 rings (SSSR count). The first-order valence-corrected chi connectivity index (χ1v) is 4.94. The number of amides is 1. The van der Waals surface area contributed by atoms with Crippen molar-refractivity contribution in [2.75, 3.05) is 7.05 Å². The number of aryl methyl sites for hydroxylation is 1. The topological polar surface area (TPSA) is 57.8 Å². The lowest BCUT2D eigenvalue weighted by atomic mass is 10.3. The number of benzene rings is 1. The molecule has 2 aromatic rings. The van der Waals surface area contributed by atoms with Crippen LogP contribution in [0.4, 0.5) is 0 Å². The van der Waals surface area contributed by atoms with Crippen molar-refractivity contribution in [1.82, 2.24) is 15.3 Å². The number of imidazole rings is 1. The third kappa shape index (κ3) is 2.15. The number of aromatic nitrogens is 2. The Hall–Kier alpha value is -1.84. The summed E-state index contributed by atoms with van der Waals surface area (Å²) in [4.78, 5) is 18.6. The molecule has 78 valence electrons. The van der Waals surface area contributed by atoms with Crippen LogP contribution in [-0.2, 0) is 11.2 Å². The summed E-state index contributed by atoms with van der Waals surface area (Å²) in [5.41, 5.74) is 1.97. The summed E-state index contributed by atoms with van der Waals surface area (Å²) in [6, 6.07) is 7.84. The minimum absolute atomic E-state index is 0.0375. The zero-order valence-electron chi connectivity index (χ0n) is 8.58. The molecule has 4 nitrogen and oxygen atoms in total. The molecule has 1 heterocycles. The van der Waals surface area contributed by atoms with Crippen molar-refractivity contribution in [2.45, 2.75) is 12.8 Å². The van der Waals surface area contributed by atoms with Gasteiger partial charge in [0.1, 0.15) is 5.82 Å². The van der Waals surface area contributed by atoms with E-state index in [9.17, 15) is 4.79 Å². The van der Waals surface area contributed by atoms with Crippen LogP contribution in [0.5, 0.6) is 0 Å². The fourth-order valence-corrected chi connectivity index (χ4v) is 1.48. The second-order valence-corrected chi connectivity index (χ2v) is 3.37. The van der Waals surface area contributed by atoms with E-state index in [0.717, 1.165) is 16.9 Å². The fraction of sp³-hybridized carbons (Fsp3) is 0.273.